The number of benzene rings is 2. The molecule has 104 valence electrons. The summed E-state index contributed by atoms with van der Waals surface area (Å²) in [5, 5.41) is 9.97. The van der Waals surface area contributed by atoms with Gasteiger partial charge in [-0.05, 0) is 30.2 Å². The van der Waals surface area contributed by atoms with Gasteiger partial charge in [-0.15, -0.1) is 0 Å². The number of hydroxylamine groups is 2. The van der Waals surface area contributed by atoms with Crippen LogP contribution in [0, 0.1) is 0 Å². The van der Waals surface area contributed by atoms with Crippen LogP contribution in [-0.4, -0.2) is 16.7 Å². The molecule has 0 unspecified atom stereocenters. The van der Waals surface area contributed by atoms with E-state index >= 15 is 0 Å². The summed E-state index contributed by atoms with van der Waals surface area (Å²) in [7, 11) is 0. The number of hydrogen-bond acceptors (Lipinski definition) is 3. The fourth-order valence-electron chi connectivity index (χ4n) is 1.83. The average molecular weight is 271 g/mol. The van der Waals surface area contributed by atoms with E-state index in [0.717, 1.165) is 16.9 Å². The van der Waals surface area contributed by atoms with E-state index in [-0.39, 0.29) is 6.04 Å². The number of amides is 1. The first-order valence-corrected chi connectivity index (χ1v) is 6.40. The third kappa shape index (κ3) is 3.59. The van der Waals surface area contributed by atoms with Gasteiger partial charge in [0.05, 0.1) is 6.04 Å². The standard InChI is InChI=1S/C16H17NO3/c1-13(17(19)12-18)15-7-9-16(10-8-15)20-11-14-5-3-2-4-6-14/h2-10,12-13,19H,11H2,1H3/t13-/m0/s1. The van der Waals surface area contributed by atoms with Crippen molar-refractivity contribution in [1.29, 1.82) is 0 Å². The van der Waals surface area contributed by atoms with E-state index in [4.69, 9.17) is 4.74 Å². The van der Waals surface area contributed by atoms with Gasteiger partial charge in [-0.1, -0.05) is 42.5 Å². The highest BCUT2D eigenvalue weighted by Gasteiger charge is 2.11. The second kappa shape index (κ2) is 6.73. The Kier molecular flexibility index (Phi) is 4.74. The molecule has 0 bridgehead atoms. The minimum Gasteiger partial charge on any atom is -0.489 e. The molecule has 1 atom stereocenters. The molecular formula is C16H17NO3. The van der Waals surface area contributed by atoms with Gasteiger partial charge < -0.3 is 4.74 Å². The van der Waals surface area contributed by atoms with E-state index in [2.05, 4.69) is 0 Å². The maximum Gasteiger partial charge on any atom is 0.233 e. The number of ether oxygens (including phenoxy) is 1. The normalized spacial score (nSPS) is 11.7. The van der Waals surface area contributed by atoms with Crippen LogP contribution < -0.4 is 4.74 Å². The number of carbonyl (C=O) groups is 1. The Hall–Kier alpha value is -2.33. The quantitative estimate of drug-likeness (QED) is 0.499. The monoisotopic (exact) mass is 271 g/mol. The molecule has 1 amide bonds. The molecule has 0 aliphatic rings. The maximum atomic E-state index is 10.5. The van der Waals surface area contributed by atoms with Gasteiger partial charge >= 0.3 is 0 Å². The lowest BCUT2D eigenvalue weighted by atomic mass is 10.1. The zero-order valence-electron chi connectivity index (χ0n) is 11.3. The van der Waals surface area contributed by atoms with E-state index in [9.17, 15) is 10.0 Å². The number of rotatable bonds is 6. The highest BCUT2D eigenvalue weighted by Crippen LogP contribution is 2.21. The summed E-state index contributed by atoms with van der Waals surface area (Å²) in [6, 6.07) is 16.9. The molecule has 0 aliphatic carbocycles. The molecule has 0 heterocycles. The molecule has 4 heteroatoms. The van der Waals surface area contributed by atoms with Crippen molar-refractivity contribution in [3.8, 4) is 5.75 Å². The largest absolute Gasteiger partial charge is 0.489 e. The molecule has 4 nitrogen and oxygen atoms in total. The molecule has 0 spiro atoms. The Balaban J connectivity index is 1.96. The molecule has 0 fully saturated rings. The molecule has 20 heavy (non-hydrogen) atoms. The molecular weight excluding hydrogens is 254 g/mol. The topological polar surface area (TPSA) is 49.8 Å². The first-order valence-electron chi connectivity index (χ1n) is 6.40. The van der Waals surface area contributed by atoms with Crippen molar-refractivity contribution in [3.63, 3.8) is 0 Å². The van der Waals surface area contributed by atoms with Gasteiger partial charge in [0.1, 0.15) is 12.4 Å². The molecule has 1 N–H and O–H groups in total. The molecule has 2 aromatic carbocycles. The van der Waals surface area contributed by atoms with Crippen molar-refractivity contribution >= 4 is 6.41 Å². The summed E-state index contributed by atoms with van der Waals surface area (Å²) in [5.41, 5.74) is 1.94. The Morgan fingerprint density at radius 1 is 1.15 bits per heavy atom. The van der Waals surface area contributed by atoms with Crippen LogP contribution >= 0.6 is 0 Å². The Morgan fingerprint density at radius 3 is 2.40 bits per heavy atom. The first kappa shape index (κ1) is 14.1. The second-order valence-electron chi connectivity index (χ2n) is 4.50. The van der Waals surface area contributed by atoms with E-state index in [1.54, 1.807) is 6.92 Å². The number of hydrogen-bond donors (Lipinski definition) is 1. The average Bonchev–Trinajstić information content (AvgIpc) is 2.53. The van der Waals surface area contributed by atoms with Gasteiger partial charge in [0.2, 0.25) is 6.41 Å². The Morgan fingerprint density at radius 2 is 1.80 bits per heavy atom. The third-order valence-electron chi connectivity index (χ3n) is 3.12. The highest BCUT2D eigenvalue weighted by atomic mass is 16.5. The van der Waals surface area contributed by atoms with Crippen molar-refractivity contribution in [2.75, 3.05) is 0 Å². The minimum atomic E-state index is -0.379. The molecule has 2 rings (SSSR count). The summed E-state index contributed by atoms with van der Waals surface area (Å²) in [6.07, 6.45) is 0.393. The second-order valence-corrected chi connectivity index (χ2v) is 4.50. The predicted octanol–water partition coefficient (Wildman–Crippen LogP) is 3.17. The van der Waals surface area contributed by atoms with Crippen molar-refractivity contribution in [2.24, 2.45) is 0 Å². The zero-order valence-corrected chi connectivity index (χ0v) is 11.3. The van der Waals surface area contributed by atoms with Crippen LogP contribution in [0.3, 0.4) is 0 Å². The van der Waals surface area contributed by atoms with Crippen molar-refractivity contribution in [3.05, 3.63) is 65.7 Å². The van der Waals surface area contributed by atoms with Crippen LogP contribution in [0.25, 0.3) is 0 Å². The Bertz CT molecular complexity index is 539. The summed E-state index contributed by atoms with van der Waals surface area (Å²) in [5.74, 6) is 0.750. The van der Waals surface area contributed by atoms with E-state index in [0.29, 0.717) is 18.1 Å². The van der Waals surface area contributed by atoms with E-state index in [1.807, 2.05) is 54.6 Å². The highest BCUT2D eigenvalue weighted by molar-refractivity contribution is 5.46. The van der Waals surface area contributed by atoms with Crippen LogP contribution in [0.15, 0.2) is 54.6 Å². The molecule has 2 aromatic rings. The van der Waals surface area contributed by atoms with Gasteiger partial charge in [-0.25, -0.2) is 5.06 Å². The SMILES string of the molecule is C[C@@H](c1ccc(OCc2ccccc2)cc1)N(O)C=O. The van der Waals surface area contributed by atoms with E-state index in [1.165, 1.54) is 0 Å². The van der Waals surface area contributed by atoms with Gasteiger partial charge in [0, 0.05) is 0 Å². The van der Waals surface area contributed by atoms with E-state index < -0.39 is 0 Å². The van der Waals surface area contributed by atoms with Crippen LogP contribution in [-0.2, 0) is 11.4 Å². The zero-order chi connectivity index (χ0) is 14.4. The van der Waals surface area contributed by atoms with Gasteiger partial charge in [-0.3, -0.25) is 10.0 Å². The summed E-state index contributed by atoms with van der Waals surface area (Å²) in [6.45, 7) is 2.25. The predicted molar refractivity (Wildman–Crippen MR) is 75.3 cm³/mol. The first-order chi connectivity index (χ1) is 9.70. The Labute approximate surface area is 118 Å². The summed E-state index contributed by atoms with van der Waals surface area (Å²) >= 11 is 0. The van der Waals surface area contributed by atoms with Crippen LogP contribution in [0.5, 0.6) is 5.75 Å². The summed E-state index contributed by atoms with van der Waals surface area (Å²) in [4.78, 5) is 10.5. The lowest BCUT2D eigenvalue weighted by Gasteiger charge is -2.18. The van der Waals surface area contributed by atoms with Gasteiger partial charge in [0.15, 0.2) is 0 Å². The van der Waals surface area contributed by atoms with Crippen LogP contribution in [0.2, 0.25) is 0 Å². The number of nitrogens with zero attached hydrogens (tertiary/aromatic N) is 1. The molecule has 0 radical (unpaired) electrons. The van der Waals surface area contributed by atoms with Gasteiger partial charge in [-0.2, -0.15) is 0 Å². The lowest BCUT2D eigenvalue weighted by Crippen LogP contribution is -2.20. The molecule has 0 saturated heterocycles. The third-order valence-corrected chi connectivity index (χ3v) is 3.12. The van der Waals surface area contributed by atoms with Gasteiger partial charge in [0.25, 0.3) is 0 Å². The van der Waals surface area contributed by atoms with Crippen molar-refractivity contribution < 1.29 is 14.7 Å². The summed E-state index contributed by atoms with van der Waals surface area (Å²) < 4.78 is 5.67. The maximum absolute atomic E-state index is 10.5. The molecule has 0 saturated carbocycles. The smallest absolute Gasteiger partial charge is 0.233 e. The van der Waals surface area contributed by atoms with Crippen LogP contribution in [0.1, 0.15) is 24.1 Å². The van der Waals surface area contributed by atoms with Crippen molar-refractivity contribution in [1.82, 2.24) is 5.06 Å². The fraction of sp³-hybridized carbons (Fsp3) is 0.188. The molecule has 0 aromatic heterocycles. The number of carbonyl (C=O) groups excluding carboxylic acids is 1. The minimum absolute atomic E-state index is 0.379. The lowest BCUT2D eigenvalue weighted by molar-refractivity contribution is -0.159. The fourth-order valence-corrected chi connectivity index (χ4v) is 1.83. The molecule has 0 aliphatic heterocycles. The van der Waals surface area contributed by atoms with Crippen molar-refractivity contribution in [2.45, 2.75) is 19.6 Å². The van der Waals surface area contributed by atoms with Crippen LogP contribution in [0.4, 0.5) is 0 Å².